The Morgan fingerprint density at radius 1 is 1.47 bits per heavy atom. The van der Waals surface area contributed by atoms with Gasteiger partial charge in [0.05, 0.1) is 16.9 Å². The number of benzene rings is 1. The number of halogens is 1. The number of aliphatic imine (C=N–C) groups is 1. The Bertz CT molecular complexity index is 591. The van der Waals surface area contributed by atoms with Gasteiger partial charge in [-0.25, -0.2) is 0 Å². The van der Waals surface area contributed by atoms with Crippen LogP contribution in [0.25, 0.3) is 0 Å². The summed E-state index contributed by atoms with van der Waals surface area (Å²) in [4.78, 5) is 5.74. The van der Waals surface area contributed by atoms with Gasteiger partial charge in [0, 0.05) is 22.3 Å². The third kappa shape index (κ3) is 3.30. The monoisotopic (exact) mass is 335 g/mol. The first-order chi connectivity index (χ1) is 9.26. The fourth-order valence-electron chi connectivity index (χ4n) is 1.78. The van der Waals surface area contributed by atoms with Gasteiger partial charge in [-0.3, -0.25) is 10.4 Å². The van der Waals surface area contributed by atoms with Crippen molar-refractivity contribution in [3.05, 3.63) is 50.6 Å². The molecule has 0 radical (unpaired) electrons. The summed E-state index contributed by atoms with van der Waals surface area (Å²) in [5, 5.41) is 12.2. The van der Waals surface area contributed by atoms with Gasteiger partial charge in [0.2, 0.25) is 0 Å². The Kier molecular flexibility index (Phi) is 4.87. The number of thiophene rings is 1. The Labute approximate surface area is 125 Å². The first kappa shape index (κ1) is 14.0. The maximum Gasteiger partial charge on any atom is 0.0839 e. The van der Waals surface area contributed by atoms with E-state index in [2.05, 4.69) is 32.3 Å². The summed E-state index contributed by atoms with van der Waals surface area (Å²) < 4.78 is 0.999. The second-order valence-electron chi connectivity index (χ2n) is 3.78. The Morgan fingerprint density at radius 2 is 2.32 bits per heavy atom. The highest BCUT2D eigenvalue weighted by molar-refractivity contribution is 9.10. The molecular weight excluding hydrogens is 322 g/mol. The average Bonchev–Trinajstić information content (AvgIpc) is 2.92. The van der Waals surface area contributed by atoms with Crippen molar-refractivity contribution in [1.82, 2.24) is 0 Å². The minimum absolute atomic E-state index is 0.726. The van der Waals surface area contributed by atoms with Crippen LogP contribution in [0, 0.1) is 5.41 Å². The van der Waals surface area contributed by atoms with E-state index in [-0.39, 0.29) is 0 Å². The van der Waals surface area contributed by atoms with Crippen LogP contribution in [0.1, 0.15) is 17.4 Å². The summed E-state index contributed by atoms with van der Waals surface area (Å²) in [5.74, 6) is 0. The van der Waals surface area contributed by atoms with Crippen molar-refractivity contribution < 1.29 is 0 Å². The van der Waals surface area contributed by atoms with Crippen molar-refractivity contribution in [1.29, 1.82) is 5.41 Å². The van der Waals surface area contributed by atoms with Gasteiger partial charge in [0.25, 0.3) is 0 Å². The van der Waals surface area contributed by atoms with E-state index in [9.17, 15) is 0 Å². The smallest absolute Gasteiger partial charge is 0.0839 e. The maximum absolute atomic E-state index is 7.22. The number of hydrogen-bond acceptors (Lipinski definition) is 3. The zero-order chi connectivity index (χ0) is 13.7. The van der Waals surface area contributed by atoms with Gasteiger partial charge >= 0.3 is 0 Å². The highest BCUT2D eigenvalue weighted by Crippen LogP contribution is 2.26. The summed E-state index contributed by atoms with van der Waals surface area (Å²) in [5.41, 5.74) is 2.85. The molecule has 1 heterocycles. The van der Waals surface area contributed by atoms with E-state index in [1.54, 1.807) is 11.3 Å². The van der Waals surface area contributed by atoms with Crippen LogP contribution >= 0.6 is 27.3 Å². The molecule has 0 fully saturated rings. The SMILES string of the molecule is CC/N=C(/c1cccs1)c1cc(Br)ccc1NC=N. The van der Waals surface area contributed by atoms with Crippen LogP contribution in [-0.2, 0) is 0 Å². The van der Waals surface area contributed by atoms with E-state index in [0.717, 1.165) is 32.9 Å². The van der Waals surface area contributed by atoms with Gasteiger partial charge < -0.3 is 5.32 Å². The number of nitrogens with one attached hydrogen (secondary N) is 2. The van der Waals surface area contributed by atoms with Crippen LogP contribution in [0.3, 0.4) is 0 Å². The van der Waals surface area contributed by atoms with E-state index in [4.69, 9.17) is 5.41 Å². The molecule has 2 aromatic rings. The average molecular weight is 336 g/mol. The van der Waals surface area contributed by atoms with Crippen molar-refractivity contribution in [2.24, 2.45) is 4.99 Å². The van der Waals surface area contributed by atoms with Crippen LogP contribution in [0.4, 0.5) is 5.69 Å². The number of nitrogens with zero attached hydrogens (tertiary/aromatic N) is 1. The van der Waals surface area contributed by atoms with Crippen LogP contribution in [0.5, 0.6) is 0 Å². The minimum atomic E-state index is 0.726. The molecule has 0 saturated carbocycles. The summed E-state index contributed by atoms with van der Waals surface area (Å²) >= 11 is 5.16. The predicted molar refractivity (Wildman–Crippen MR) is 87.0 cm³/mol. The topological polar surface area (TPSA) is 48.2 Å². The van der Waals surface area contributed by atoms with Gasteiger partial charge in [0.15, 0.2) is 0 Å². The lowest BCUT2D eigenvalue weighted by Gasteiger charge is -2.11. The van der Waals surface area contributed by atoms with Crippen molar-refractivity contribution in [2.45, 2.75) is 6.92 Å². The Hall–Kier alpha value is -1.46. The molecule has 0 bridgehead atoms. The highest BCUT2D eigenvalue weighted by atomic mass is 79.9. The minimum Gasteiger partial charge on any atom is -0.346 e. The molecule has 2 N–H and O–H groups in total. The van der Waals surface area contributed by atoms with E-state index in [1.165, 1.54) is 6.34 Å². The van der Waals surface area contributed by atoms with Crippen molar-refractivity contribution in [3.63, 3.8) is 0 Å². The fraction of sp³-hybridized carbons (Fsp3) is 0.143. The van der Waals surface area contributed by atoms with Gasteiger partial charge in [-0.05, 0) is 36.6 Å². The third-order valence-electron chi connectivity index (χ3n) is 2.54. The van der Waals surface area contributed by atoms with E-state index in [0.29, 0.717) is 0 Å². The zero-order valence-corrected chi connectivity index (χ0v) is 12.9. The maximum atomic E-state index is 7.22. The molecule has 0 spiro atoms. The second-order valence-corrected chi connectivity index (χ2v) is 5.64. The molecule has 0 aliphatic heterocycles. The molecule has 0 aliphatic rings. The molecule has 5 heteroatoms. The largest absolute Gasteiger partial charge is 0.346 e. The second kappa shape index (κ2) is 6.63. The summed E-state index contributed by atoms with van der Waals surface area (Å²) in [6.07, 6.45) is 1.19. The van der Waals surface area contributed by atoms with Crippen molar-refractivity contribution >= 4 is 45.0 Å². The lowest BCUT2D eigenvalue weighted by Crippen LogP contribution is -2.07. The molecule has 2 rings (SSSR count). The molecule has 1 aromatic heterocycles. The number of anilines is 1. The van der Waals surface area contributed by atoms with Crippen LogP contribution in [0.15, 0.2) is 45.2 Å². The van der Waals surface area contributed by atoms with Gasteiger partial charge in [-0.1, -0.05) is 22.0 Å². The van der Waals surface area contributed by atoms with Crippen LogP contribution in [0.2, 0.25) is 0 Å². The molecule has 0 saturated heterocycles. The zero-order valence-electron chi connectivity index (χ0n) is 10.5. The van der Waals surface area contributed by atoms with Crippen molar-refractivity contribution in [3.8, 4) is 0 Å². The van der Waals surface area contributed by atoms with Crippen LogP contribution < -0.4 is 5.32 Å². The molecular formula is C14H14BrN3S. The van der Waals surface area contributed by atoms with E-state index < -0.39 is 0 Å². The van der Waals surface area contributed by atoms with Crippen LogP contribution in [-0.4, -0.2) is 18.6 Å². The van der Waals surface area contributed by atoms with Crippen molar-refractivity contribution in [2.75, 3.05) is 11.9 Å². The van der Waals surface area contributed by atoms with Gasteiger partial charge in [-0.2, -0.15) is 0 Å². The lowest BCUT2D eigenvalue weighted by molar-refractivity contribution is 1.13. The molecule has 3 nitrogen and oxygen atoms in total. The molecule has 1 aromatic carbocycles. The standard InChI is InChI=1S/C14H14BrN3S/c1-2-17-14(13-4-3-7-19-13)11-8-10(15)5-6-12(11)18-9-16/h3-9H,2H2,1H3,(H2,16,18)/b17-14+. The molecule has 0 amide bonds. The molecule has 0 aliphatic carbocycles. The Balaban J connectivity index is 2.56. The summed E-state index contributed by atoms with van der Waals surface area (Å²) in [7, 11) is 0. The Morgan fingerprint density at radius 3 is 2.95 bits per heavy atom. The molecule has 98 valence electrons. The normalized spacial score (nSPS) is 11.4. The lowest BCUT2D eigenvalue weighted by atomic mass is 10.1. The molecule has 0 unspecified atom stereocenters. The molecule has 19 heavy (non-hydrogen) atoms. The number of rotatable bonds is 5. The summed E-state index contributed by atoms with van der Waals surface area (Å²) in [6, 6.07) is 10.0. The quantitative estimate of drug-likeness (QED) is 0.617. The van der Waals surface area contributed by atoms with Gasteiger partial charge in [-0.15, -0.1) is 11.3 Å². The molecule has 0 atom stereocenters. The predicted octanol–water partition coefficient (Wildman–Crippen LogP) is 4.39. The van der Waals surface area contributed by atoms with E-state index in [1.807, 2.05) is 36.6 Å². The third-order valence-corrected chi connectivity index (χ3v) is 3.91. The summed E-state index contributed by atoms with van der Waals surface area (Å²) in [6.45, 7) is 2.75. The van der Waals surface area contributed by atoms with E-state index >= 15 is 0 Å². The van der Waals surface area contributed by atoms with Gasteiger partial charge in [0.1, 0.15) is 0 Å². The first-order valence-corrected chi connectivity index (χ1v) is 7.57. The number of hydrogen-bond donors (Lipinski definition) is 2. The first-order valence-electron chi connectivity index (χ1n) is 5.90. The highest BCUT2D eigenvalue weighted by Gasteiger charge is 2.12. The fourth-order valence-corrected chi connectivity index (χ4v) is 2.89.